The maximum Gasteiger partial charge on any atom is 0.120 e. The molecule has 3 heteroatoms. The molecule has 3 rings (SSSR count). The van der Waals surface area contributed by atoms with Gasteiger partial charge in [0.2, 0.25) is 0 Å². The van der Waals surface area contributed by atoms with E-state index in [9.17, 15) is 0 Å². The SMILES string of the molecule is SC1COC(COc2ccc3ccccc3c2)C1. The van der Waals surface area contributed by atoms with Crippen molar-refractivity contribution in [2.45, 2.75) is 17.8 Å². The molecule has 2 nitrogen and oxygen atoms in total. The average molecular weight is 260 g/mol. The van der Waals surface area contributed by atoms with Gasteiger partial charge < -0.3 is 9.47 Å². The molecule has 0 saturated carbocycles. The molecule has 0 N–H and O–H groups in total. The molecule has 2 unspecified atom stereocenters. The molecule has 18 heavy (non-hydrogen) atoms. The van der Waals surface area contributed by atoms with Crippen LogP contribution in [0.1, 0.15) is 6.42 Å². The highest BCUT2D eigenvalue weighted by atomic mass is 32.1. The minimum absolute atomic E-state index is 0.180. The highest BCUT2D eigenvalue weighted by molar-refractivity contribution is 7.81. The van der Waals surface area contributed by atoms with E-state index < -0.39 is 0 Å². The van der Waals surface area contributed by atoms with E-state index >= 15 is 0 Å². The van der Waals surface area contributed by atoms with Crippen molar-refractivity contribution in [2.24, 2.45) is 0 Å². The molecule has 2 aromatic carbocycles. The van der Waals surface area contributed by atoms with Gasteiger partial charge in [0.05, 0.1) is 12.7 Å². The predicted molar refractivity (Wildman–Crippen MR) is 76.6 cm³/mol. The van der Waals surface area contributed by atoms with E-state index in [-0.39, 0.29) is 6.10 Å². The minimum Gasteiger partial charge on any atom is -0.491 e. The fourth-order valence-electron chi connectivity index (χ4n) is 2.25. The third-order valence-corrected chi connectivity index (χ3v) is 3.58. The van der Waals surface area contributed by atoms with Gasteiger partial charge in [-0.05, 0) is 29.3 Å². The monoisotopic (exact) mass is 260 g/mol. The van der Waals surface area contributed by atoms with Crippen molar-refractivity contribution >= 4 is 23.4 Å². The molecule has 1 saturated heterocycles. The van der Waals surface area contributed by atoms with Gasteiger partial charge in [-0.1, -0.05) is 30.3 Å². The molecule has 0 radical (unpaired) electrons. The van der Waals surface area contributed by atoms with Crippen molar-refractivity contribution in [1.29, 1.82) is 0 Å². The normalized spacial score (nSPS) is 23.4. The number of benzene rings is 2. The molecule has 2 atom stereocenters. The molecule has 1 aliphatic rings. The van der Waals surface area contributed by atoms with Crippen LogP contribution in [-0.4, -0.2) is 24.6 Å². The van der Waals surface area contributed by atoms with Crippen molar-refractivity contribution < 1.29 is 9.47 Å². The molecule has 0 bridgehead atoms. The van der Waals surface area contributed by atoms with E-state index in [1.165, 1.54) is 10.8 Å². The third-order valence-electron chi connectivity index (χ3n) is 3.22. The van der Waals surface area contributed by atoms with E-state index in [0.717, 1.165) is 18.8 Å². The largest absolute Gasteiger partial charge is 0.491 e. The molecule has 1 aliphatic heterocycles. The van der Waals surface area contributed by atoms with Crippen molar-refractivity contribution in [3.8, 4) is 5.75 Å². The van der Waals surface area contributed by atoms with Crippen LogP contribution < -0.4 is 4.74 Å². The summed E-state index contributed by atoms with van der Waals surface area (Å²) in [6, 6.07) is 14.4. The Balaban J connectivity index is 1.67. The van der Waals surface area contributed by atoms with E-state index in [1.807, 2.05) is 18.2 Å². The molecule has 1 heterocycles. The summed E-state index contributed by atoms with van der Waals surface area (Å²) in [6.45, 7) is 1.34. The van der Waals surface area contributed by atoms with Crippen molar-refractivity contribution in [2.75, 3.05) is 13.2 Å². The number of thiol groups is 1. The van der Waals surface area contributed by atoms with Crippen molar-refractivity contribution in [3.63, 3.8) is 0 Å². The van der Waals surface area contributed by atoms with Gasteiger partial charge in [-0.2, -0.15) is 12.6 Å². The number of fused-ring (bicyclic) bond motifs is 1. The van der Waals surface area contributed by atoms with Gasteiger partial charge in [0.1, 0.15) is 12.4 Å². The van der Waals surface area contributed by atoms with Gasteiger partial charge in [0.25, 0.3) is 0 Å². The maximum atomic E-state index is 5.79. The lowest BCUT2D eigenvalue weighted by molar-refractivity contribution is 0.0682. The smallest absolute Gasteiger partial charge is 0.120 e. The second kappa shape index (κ2) is 5.21. The molecular weight excluding hydrogens is 244 g/mol. The standard InChI is InChI=1S/C15H16O2S/c18-15-8-14(17-10-15)9-16-13-6-5-11-3-1-2-4-12(11)7-13/h1-7,14-15,18H,8-10H2. The van der Waals surface area contributed by atoms with Crippen LogP contribution in [0.2, 0.25) is 0 Å². The lowest BCUT2D eigenvalue weighted by atomic mass is 10.1. The van der Waals surface area contributed by atoms with Crippen LogP contribution in [0.15, 0.2) is 42.5 Å². The van der Waals surface area contributed by atoms with Crippen molar-refractivity contribution in [3.05, 3.63) is 42.5 Å². The Morgan fingerprint density at radius 2 is 2.00 bits per heavy atom. The van der Waals surface area contributed by atoms with E-state index in [4.69, 9.17) is 9.47 Å². The van der Waals surface area contributed by atoms with Crippen LogP contribution in [-0.2, 0) is 4.74 Å². The number of ether oxygens (including phenoxy) is 2. The topological polar surface area (TPSA) is 18.5 Å². The summed E-state index contributed by atoms with van der Waals surface area (Å²) < 4.78 is 11.4. The molecule has 0 amide bonds. The summed E-state index contributed by atoms with van der Waals surface area (Å²) in [4.78, 5) is 0. The van der Waals surface area contributed by atoms with E-state index in [0.29, 0.717) is 11.9 Å². The van der Waals surface area contributed by atoms with Crippen LogP contribution in [0.25, 0.3) is 10.8 Å². The molecular formula is C15H16O2S. The quantitative estimate of drug-likeness (QED) is 0.854. The van der Waals surface area contributed by atoms with Gasteiger partial charge in [-0.25, -0.2) is 0 Å². The summed E-state index contributed by atoms with van der Waals surface area (Å²) in [5.74, 6) is 0.903. The summed E-state index contributed by atoms with van der Waals surface area (Å²) >= 11 is 4.40. The zero-order chi connectivity index (χ0) is 12.4. The first-order valence-electron chi connectivity index (χ1n) is 6.22. The Kier molecular flexibility index (Phi) is 3.43. The summed E-state index contributed by atoms with van der Waals surface area (Å²) in [5, 5.41) is 2.79. The molecule has 2 aromatic rings. The minimum atomic E-state index is 0.180. The Hall–Kier alpha value is -1.19. The summed E-state index contributed by atoms with van der Waals surface area (Å²) in [5.41, 5.74) is 0. The molecule has 0 spiro atoms. The second-order valence-electron chi connectivity index (χ2n) is 4.66. The zero-order valence-corrected chi connectivity index (χ0v) is 11.0. The molecule has 0 aromatic heterocycles. The Morgan fingerprint density at radius 3 is 2.78 bits per heavy atom. The van der Waals surface area contributed by atoms with Crippen LogP contribution in [0.5, 0.6) is 5.75 Å². The number of hydrogen-bond acceptors (Lipinski definition) is 3. The fraction of sp³-hybridized carbons (Fsp3) is 0.333. The predicted octanol–water partition coefficient (Wildman–Crippen LogP) is 3.31. The van der Waals surface area contributed by atoms with Gasteiger partial charge in [0, 0.05) is 5.25 Å². The van der Waals surface area contributed by atoms with Crippen LogP contribution in [0.4, 0.5) is 0 Å². The molecule has 94 valence electrons. The molecule has 0 aliphatic carbocycles. The third kappa shape index (κ3) is 2.62. The van der Waals surface area contributed by atoms with Gasteiger partial charge >= 0.3 is 0 Å². The van der Waals surface area contributed by atoms with Gasteiger partial charge in [-0.3, -0.25) is 0 Å². The fourth-order valence-corrected chi connectivity index (χ4v) is 2.57. The molecule has 1 fully saturated rings. The Labute approximate surface area is 112 Å². The number of hydrogen-bond donors (Lipinski definition) is 1. The van der Waals surface area contributed by atoms with Crippen LogP contribution in [0, 0.1) is 0 Å². The Bertz CT molecular complexity index is 541. The van der Waals surface area contributed by atoms with Crippen LogP contribution >= 0.6 is 12.6 Å². The summed E-state index contributed by atoms with van der Waals surface area (Å²) in [7, 11) is 0. The average Bonchev–Trinajstić information content (AvgIpc) is 2.82. The van der Waals surface area contributed by atoms with E-state index in [2.05, 4.69) is 36.9 Å². The summed E-state index contributed by atoms with van der Waals surface area (Å²) in [6.07, 6.45) is 1.15. The highest BCUT2D eigenvalue weighted by Crippen LogP contribution is 2.22. The maximum absolute atomic E-state index is 5.79. The lowest BCUT2D eigenvalue weighted by Gasteiger charge is -2.11. The second-order valence-corrected chi connectivity index (χ2v) is 5.40. The van der Waals surface area contributed by atoms with Gasteiger partial charge in [-0.15, -0.1) is 0 Å². The first-order chi connectivity index (χ1) is 8.81. The Morgan fingerprint density at radius 1 is 1.17 bits per heavy atom. The zero-order valence-electron chi connectivity index (χ0n) is 10.1. The number of rotatable bonds is 3. The first kappa shape index (κ1) is 11.9. The van der Waals surface area contributed by atoms with Crippen LogP contribution in [0.3, 0.4) is 0 Å². The first-order valence-corrected chi connectivity index (χ1v) is 6.74. The van der Waals surface area contributed by atoms with E-state index in [1.54, 1.807) is 0 Å². The lowest BCUT2D eigenvalue weighted by Crippen LogP contribution is -2.16. The highest BCUT2D eigenvalue weighted by Gasteiger charge is 2.23. The van der Waals surface area contributed by atoms with Gasteiger partial charge in [0.15, 0.2) is 0 Å². The van der Waals surface area contributed by atoms with Crippen molar-refractivity contribution in [1.82, 2.24) is 0 Å².